The molecule has 0 radical (unpaired) electrons. The number of benzene rings is 1. The number of rotatable bonds is 9. The van der Waals surface area contributed by atoms with Crippen LogP contribution in [0.5, 0.6) is 0 Å². The Labute approximate surface area is 262 Å². The smallest absolute Gasteiger partial charge is 0.336 e. The molecule has 1 aromatic carbocycles. The Kier molecular flexibility index (Phi) is 9.02. The Morgan fingerprint density at radius 2 is 2.10 bits per heavy atom. The van der Waals surface area contributed by atoms with E-state index in [0.717, 1.165) is 16.3 Å². The molecular weight excluding hydrogens is 645 g/mol. The Hall–Kier alpha value is -2.87. The van der Waals surface area contributed by atoms with E-state index in [1.807, 2.05) is 16.4 Å². The fourth-order valence-electron chi connectivity index (χ4n) is 5.66. The molecule has 2 saturated heterocycles. The van der Waals surface area contributed by atoms with Gasteiger partial charge in [-0.2, -0.15) is 0 Å². The largest absolute Gasteiger partial charge is 0.481 e. The average Bonchev–Trinajstić information content (AvgIpc) is 3.57. The fourth-order valence-corrected chi connectivity index (χ4v) is 7.25. The molecule has 0 saturated carbocycles. The minimum atomic E-state index is -0.925. The SMILES string of the molecule is CCOC(=O)C1=C(CN2CCN3C(=S)N(CC(C)(C)C(=O)O)CC3C2)NC(c2nccs2)=CC1c1ccc(F)cc1Br. The van der Waals surface area contributed by atoms with Crippen LogP contribution < -0.4 is 5.32 Å². The normalized spacial score (nSPS) is 21.3. The van der Waals surface area contributed by atoms with Gasteiger partial charge in [0.15, 0.2) is 5.11 Å². The van der Waals surface area contributed by atoms with Crippen LogP contribution in [-0.4, -0.2) is 93.8 Å². The lowest BCUT2D eigenvalue weighted by Gasteiger charge is -2.39. The van der Waals surface area contributed by atoms with Crippen molar-refractivity contribution < 1.29 is 23.8 Å². The van der Waals surface area contributed by atoms with E-state index in [9.17, 15) is 19.1 Å². The van der Waals surface area contributed by atoms with Gasteiger partial charge in [0.2, 0.25) is 0 Å². The Balaban J connectivity index is 1.45. The molecule has 3 aliphatic rings. The number of carbonyl (C=O) groups excluding carboxylic acids is 1. The number of aromatic nitrogens is 1. The van der Waals surface area contributed by atoms with Gasteiger partial charge in [0, 0.05) is 66.9 Å². The van der Waals surface area contributed by atoms with Crippen LogP contribution in [0.4, 0.5) is 4.39 Å². The average molecular weight is 679 g/mol. The lowest BCUT2D eigenvalue weighted by atomic mass is 9.86. The Morgan fingerprint density at radius 1 is 1.31 bits per heavy atom. The van der Waals surface area contributed by atoms with Crippen molar-refractivity contribution in [3.05, 3.63) is 68.0 Å². The molecule has 4 heterocycles. The molecule has 2 aromatic rings. The lowest BCUT2D eigenvalue weighted by Crippen LogP contribution is -2.53. The minimum Gasteiger partial charge on any atom is -0.481 e. The van der Waals surface area contributed by atoms with Gasteiger partial charge in [0.05, 0.1) is 29.3 Å². The van der Waals surface area contributed by atoms with E-state index in [2.05, 4.69) is 36.0 Å². The number of hydrogen-bond acceptors (Lipinski definition) is 8. The number of nitrogens with zero attached hydrogens (tertiary/aromatic N) is 4. The van der Waals surface area contributed by atoms with Crippen molar-refractivity contribution in [2.75, 3.05) is 45.9 Å². The van der Waals surface area contributed by atoms with Gasteiger partial charge in [-0.1, -0.05) is 22.0 Å². The molecule has 0 amide bonds. The van der Waals surface area contributed by atoms with E-state index in [-0.39, 0.29) is 18.5 Å². The third-order valence-electron chi connectivity index (χ3n) is 7.77. The number of allylic oxidation sites excluding steroid dienone is 1. The van der Waals surface area contributed by atoms with Gasteiger partial charge in [-0.25, -0.2) is 14.2 Å². The number of ether oxygens (including phenoxy) is 1. The summed E-state index contributed by atoms with van der Waals surface area (Å²) in [5.41, 5.74) is 1.78. The highest BCUT2D eigenvalue weighted by atomic mass is 79.9. The Morgan fingerprint density at radius 3 is 2.76 bits per heavy atom. The summed E-state index contributed by atoms with van der Waals surface area (Å²) in [6.45, 7) is 8.92. The number of carboxylic acid groups (broad SMARTS) is 1. The topological polar surface area (TPSA) is 98.2 Å². The third-order valence-corrected chi connectivity index (χ3v) is 9.76. The van der Waals surface area contributed by atoms with Crippen LogP contribution in [0.25, 0.3) is 5.70 Å². The van der Waals surface area contributed by atoms with Gasteiger partial charge in [-0.05, 0) is 56.8 Å². The zero-order valence-electron chi connectivity index (χ0n) is 23.6. The summed E-state index contributed by atoms with van der Waals surface area (Å²) in [6, 6.07) is 4.58. The number of piperazine rings is 1. The van der Waals surface area contributed by atoms with Crippen molar-refractivity contribution in [2.24, 2.45) is 5.41 Å². The van der Waals surface area contributed by atoms with Crippen molar-refractivity contribution >= 4 is 62.2 Å². The van der Waals surface area contributed by atoms with Gasteiger partial charge in [-0.15, -0.1) is 11.3 Å². The van der Waals surface area contributed by atoms with Crippen molar-refractivity contribution in [1.82, 2.24) is 25.0 Å². The summed E-state index contributed by atoms with van der Waals surface area (Å²) >= 11 is 10.7. The maximum atomic E-state index is 14.0. The minimum absolute atomic E-state index is 0.0992. The number of hydrogen-bond donors (Lipinski definition) is 2. The molecule has 0 aliphatic carbocycles. The molecule has 9 nitrogen and oxygen atoms in total. The van der Waals surface area contributed by atoms with Crippen molar-refractivity contribution in [2.45, 2.75) is 32.7 Å². The molecule has 2 atom stereocenters. The molecule has 0 spiro atoms. The first kappa shape index (κ1) is 30.6. The summed E-state index contributed by atoms with van der Waals surface area (Å²) in [5, 5.41) is 16.5. The number of halogens is 2. The number of aliphatic carboxylic acids is 1. The van der Waals surface area contributed by atoms with E-state index < -0.39 is 23.3 Å². The Bertz CT molecular complexity index is 1450. The molecule has 3 aliphatic heterocycles. The van der Waals surface area contributed by atoms with Crippen LogP contribution in [0, 0.1) is 11.2 Å². The predicted octanol–water partition coefficient (Wildman–Crippen LogP) is 4.29. The molecule has 42 heavy (non-hydrogen) atoms. The summed E-state index contributed by atoms with van der Waals surface area (Å²) in [6.07, 6.45) is 3.68. The molecule has 224 valence electrons. The second-order valence-corrected chi connectivity index (χ2v) is 13.3. The maximum Gasteiger partial charge on any atom is 0.336 e. The summed E-state index contributed by atoms with van der Waals surface area (Å²) < 4.78 is 20.1. The number of carbonyl (C=O) groups is 2. The highest BCUT2D eigenvalue weighted by Crippen LogP contribution is 2.39. The number of fused-ring (bicyclic) bond motifs is 1. The molecule has 13 heteroatoms. The lowest BCUT2D eigenvalue weighted by molar-refractivity contribution is -0.147. The van der Waals surface area contributed by atoms with E-state index in [0.29, 0.717) is 60.1 Å². The molecule has 2 N–H and O–H groups in total. The van der Waals surface area contributed by atoms with Gasteiger partial charge >= 0.3 is 11.9 Å². The second-order valence-electron chi connectivity index (χ2n) is 11.2. The van der Waals surface area contributed by atoms with Crippen LogP contribution in [0.1, 0.15) is 37.3 Å². The molecule has 2 unspecified atom stereocenters. The summed E-state index contributed by atoms with van der Waals surface area (Å²) in [5.74, 6) is -2.16. The van der Waals surface area contributed by atoms with Crippen LogP contribution in [0.2, 0.25) is 0 Å². The van der Waals surface area contributed by atoms with Crippen molar-refractivity contribution in [3.8, 4) is 0 Å². The van der Waals surface area contributed by atoms with Crippen LogP contribution in [-0.2, 0) is 14.3 Å². The van der Waals surface area contributed by atoms with Crippen molar-refractivity contribution in [1.29, 1.82) is 0 Å². The van der Waals surface area contributed by atoms with Crippen molar-refractivity contribution in [3.63, 3.8) is 0 Å². The van der Waals surface area contributed by atoms with E-state index in [4.69, 9.17) is 17.0 Å². The second kappa shape index (κ2) is 12.4. The monoisotopic (exact) mass is 677 g/mol. The predicted molar refractivity (Wildman–Crippen MR) is 166 cm³/mol. The van der Waals surface area contributed by atoms with E-state index in [1.165, 1.54) is 23.5 Å². The molecular formula is C29H33BrFN5O4S2. The van der Waals surface area contributed by atoms with E-state index in [1.54, 1.807) is 33.0 Å². The number of carboxylic acids is 1. The van der Waals surface area contributed by atoms with E-state index >= 15 is 0 Å². The number of thiazole rings is 1. The van der Waals surface area contributed by atoms with Gasteiger partial charge in [0.1, 0.15) is 10.8 Å². The number of nitrogens with one attached hydrogen (secondary N) is 1. The zero-order valence-corrected chi connectivity index (χ0v) is 26.8. The maximum absolute atomic E-state index is 14.0. The molecule has 0 bridgehead atoms. The summed E-state index contributed by atoms with van der Waals surface area (Å²) in [7, 11) is 0. The summed E-state index contributed by atoms with van der Waals surface area (Å²) in [4.78, 5) is 36.2. The zero-order chi connectivity index (χ0) is 30.2. The molecule has 5 rings (SSSR count). The van der Waals surface area contributed by atoms with Crippen LogP contribution >= 0.6 is 39.5 Å². The quantitative estimate of drug-likeness (QED) is 0.296. The van der Waals surface area contributed by atoms with Crippen LogP contribution in [0.3, 0.4) is 0 Å². The number of dihydropyridines is 1. The first-order valence-electron chi connectivity index (χ1n) is 13.7. The fraction of sp³-hybridized carbons (Fsp3) is 0.448. The van der Waals surface area contributed by atoms with Gasteiger partial charge in [0.25, 0.3) is 0 Å². The number of esters is 1. The molecule has 2 fully saturated rings. The molecule has 1 aromatic heterocycles. The third kappa shape index (κ3) is 6.24. The number of thiocarbonyl (C=S) groups is 1. The standard InChI is InChI=1S/C29H33BrFN5O4S2/c1-4-40-26(37)24-20(19-6-5-17(31)11-21(19)30)12-22(25-32-7-10-42-25)33-23(24)15-34-8-9-36-18(13-34)14-35(28(36)41)16-29(2,3)27(38)39/h5-7,10-12,18,20,33H,4,8-9,13-16H2,1-3H3,(H,38,39). The van der Waals surface area contributed by atoms with Gasteiger partial charge in [-0.3, -0.25) is 9.69 Å². The highest BCUT2D eigenvalue weighted by molar-refractivity contribution is 9.10. The highest BCUT2D eigenvalue weighted by Gasteiger charge is 2.42. The van der Waals surface area contributed by atoms with Crippen LogP contribution in [0.15, 0.2) is 51.6 Å². The van der Waals surface area contributed by atoms with Gasteiger partial charge < -0.3 is 25.0 Å². The first-order valence-corrected chi connectivity index (χ1v) is 15.8. The first-order chi connectivity index (χ1) is 20.0.